The normalized spacial score (nSPS) is 10.0. The maximum atomic E-state index is 10.5. The van der Waals surface area contributed by atoms with Crippen LogP contribution in [0.4, 0.5) is 0 Å². The van der Waals surface area contributed by atoms with Crippen LogP contribution in [0.15, 0.2) is 25.0 Å². The fourth-order valence-electron chi connectivity index (χ4n) is 0.494. The summed E-state index contributed by atoms with van der Waals surface area (Å²) in [5, 5.41) is 1.28. The first-order chi connectivity index (χ1) is 5.31. The summed E-state index contributed by atoms with van der Waals surface area (Å²) in [5.41, 5.74) is 0. The van der Waals surface area contributed by atoms with Crippen LogP contribution >= 0.6 is 0 Å². The molecule has 0 aliphatic carbocycles. The standard InChI is InChI=1S/C8H11O2.Zn/c1-3-5-6-7-10-8(9)4-2;/h4,6-7H,1-3,5H2;. The Kier molecular flexibility index (Phi) is 7.38. The van der Waals surface area contributed by atoms with Gasteiger partial charge >= 0.3 is 76.7 Å². The number of esters is 1. The summed E-state index contributed by atoms with van der Waals surface area (Å²) in [5.74, 6) is -0.397. The molecule has 57 valence electrons. The summed E-state index contributed by atoms with van der Waals surface area (Å²) >= 11 is 1.33. The van der Waals surface area contributed by atoms with Crippen LogP contribution in [-0.2, 0) is 27.8 Å². The number of hydrogen-bond donors (Lipinski definition) is 0. The molecule has 0 N–H and O–H groups in total. The molecule has 0 atom stereocenters. The van der Waals surface area contributed by atoms with E-state index in [0.717, 1.165) is 12.5 Å². The molecule has 0 heterocycles. The van der Waals surface area contributed by atoms with Crippen molar-refractivity contribution in [2.75, 3.05) is 0 Å². The molecule has 0 aliphatic rings. The molecule has 0 aromatic rings. The molecule has 0 saturated carbocycles. The van der Waals surface area contributed by atoms with E-state index < -0.39 is 5.97 Å². The second kappa shape index (κ2) is 7.68. The van der Waals surface area contributed by atoms with E-state index in [0.29, 0.717) is 0 Å². The van der Waals surface area contributed by atoms with Gasteiger partial charge in [0.25, 0.3) is 0 Å². The number of carbonyl (C=O) groups excluding carboxylic acids is 1. The predicted octanol–water partition coefficient (Wildman–Crippen LogP) is 1.97. The van der Waals surface area contributed by atoms with Crippen LogP contribution in [0.1, 0.15) is 12.8 Å². The maximum absolute atomic E-state index is 10.5. The van der Waals surface area contributed by atoms with Gasteiger partial charge in [-0.1, -0.05) is 0 Å². The first-order valence-electron chi connectivity index (χ1n) is 3.58. The Labute approximate surface area is 77.0 Å². The average Bonchev–Trinajstić information content (AvgIpc) is 2.04. The van der Waals surface area contributed by atoms with Gasteiger partial charge in [-0.3, -0.25) is 0 Å². The van der Waals surface area contributed by atoms with Crippen LogP contribution in [0, 0.1) is 0 Å². The summed E-state index contributed by atoms with van der Waals surface area (Å²) in [6.45, 7) is 3.27. The van der Waals surface area contributed by atoms with Gasteiger partial charge in [0, 0.05) is 0 Å². The average molecular weight is 205 g/mol. The van der Waals surface area contributed by atoms with Crippen molar-refractivity contribution in [2.45, 2.75) is 17.9 Å². The molecule has 11 heavy (non-hydrogen) atoms. The van der Waals surface area contributed by atoms with Crippen molar-refractivity contribution in [1.82, 2.24) is 0 Å². The zero-order valence-electron chi connectivity index (χ0n) is 6.58. The van der Waals surface area contributed by atoms with Gasteiger partial charge in [-0.15, -0.1) is 0 Å². The molecule has 0 bridgehead atoms. The SMILES string of the molecule is C=CC(=O)OC=CCC[CH2][Zn]. The molecular weight excluding hydrogens is 193 g/mol. The Hall–Kier alpha value is -0.427. The first kappa shape index (κ1) is 10.6. The molecule has 0 spiro atoms. The summed E-state index contributed by atoms with van der Waals surface area (Å²) < 4.78 is 4.61. The van der Waals surface area contributed by atoms with Gasteiger partial charge in [0.1, 0.15) is 0 Å². The fourth-order valence-corrected chi connectivity index (χ4v) is 1.10. The molecule has 0 aromatic carbocycles. The number of carbonyl (C=O) groups is 1. The van der Waals surface area contributed by atoms with Crippen molar-refractivity contribution in [1.29, 1.82) is 0 Å². The number of hydrogen-bond acceptors (Lipinski definition) is 2. The third kappa shape index (κ3) is 7.47. The fraction of sp³-hybridized carbons (Fsp3) is 0.375. The van der Waals surface area contributed by atoms with Crippen molar-refractivity contribution >= 4 is 5.97 Å². The molecule has 0 unspecified atom stereocenters. The van der Waals surface area contributed by atoms with Crippen LogP contribution in [0.3, 0.4) is 0 Å². The van der Waals surface area contributed by atoms with E-state index in [4.69, 9.17) is 0 Å². The molecule has 0 radical (unpaired) electrons. The molecule has 0 rings (SSSR count). The van der Waals surface area contributed by atoms with E-state index in [-0.39, 0.29) is 0 Å². The minimum atomic E-state index is -0.397. The summed E-state index contributed by atoms with van der Waals surface area (Å²) in [4.78, 5) is 10.5. The quantitative estimate of drug-likeness (QED) is 0.225. The van der Waals surface area contributed by atoms with E-state index >= 15 is 0 Å². The Morgan fingerprint density at radius 3 is 2.91 bits per heavy atom. The number of rotatable bonds is 5. The molecule has 3 heteroatoms. The zero-order chi connectivity index (χ0) is 8.53. The summed E-state index contributed by atoms with van der Waals surface area (Å²) in [7, 11) is 0. The van der Waals surface area contributed by atoms with E-state index in [9.17, 15) is 4.79 Å². The minimum absolute atomic E-state index is 0.397. The third-order valence-electron chi connectivity index (χ3n) is 1.07. The molecule has 0 fully saturated rings. The predicted molar refractivity (Wildman–Crippen MR) is 39.5 cm³/mol. The summed E-state index contributed by atoms with van der Waals surface area (Å²) in [6, 6.07) is 0. The van der Waals surface area contributed by atoms with Gasteiger partial charge in [0.2, 0.25) is 0 Å². The van der Waals surface area contributed by atoms with Crippen molar-refractivity contribution in [3.05, 3.63) is 25.0 Å². The first-order valence-corrected chi connectivity index (χ1v) is 5.68. The monoisotopic (exact) mass is 203 g/mol. The molecule has 0 aromatic heterocycles. The van der Waals surface area contributed by atoms with E-state index in [1.54, 1.807) is 0 Å². The summed E-state index contributed by atoms with van der Waals surface area (Å²) in [6.07, 6.45) is 6.61. The van der Waals surface area contributed by atoms with Gasteiger partial charge in [-0.05, 0) is 0 Å². The van der Waals surface area contributed by atoms with Crippen LogP contribution in [0.2, 0.25) is 5.02 Å². The van der Waals surface area contributed by atoms with Crippen LogP contribution < -0.4 is 0 Å². The number of allylic oxidation sites excluding steroid dienone is 1. The van der Waals surface area contributed by atoms with Gasteiger partial charge in [0.15, 0.2) is 0 Å². The van der Waals surface area contributed by atoms with Gasteiger partial charge in [0.05, 0.1) is 0 Å². The number of ether oxygens (including phenoxy) is 1. The molecule has 2 nitrogen and oxygen atoms in total. The molecular formula is C8H11O2Zn. The Morgan fingerprint density at radius 2 is 2.36 bits per heavy atom. The Morgan fingerprint density at radius 1 is 1.64 bits per heavy atom. The van der Waals surface area contributed by atoms with E-state index in [1.807, 2.05) is 6.08 Å². The van der Waals surface area contributed by atoms with Crippen LogP contribution in [-0.4, -0.2) is 5.97 Å². The third-order valence-corrected chi connectivity index (χ3v) is 2.12. The van der Waals surface area contributed by atoms with Gasteiger partial charge in [-0.25, -0.2) is 0 Å². The zero-order valence-corrected chi connectivity index (χ0v) is 9.55. The van der Waals surface area contributed by atoms with Crippen molar-refractivity contribution in [2.24, 2.45) is 0 Å². The Balaban J connectivity index is 3.29. The second-order valence-electron chi connectivity index (χ2n) is 2.01. The van der Waals surface area contributed by atoms with E-state index in [1.165, 1.54) is 36.0 Å². The molecule has 0 aliphatic heterocycles. The van der Waals surface area contributed by atoms with Crippen molar-refractivity contribution < 1.29 is 27.8 Å². The van der Waals surface area contributed by atoms with E-state index in [2.05, 4.69) is 11.3 Å². The van der Waals surface area contributed by atoms with Crippen molar-refractivity contribution in [3.63, 3.8) is 0 Å². The number of unbranched alkanes of at least 4 members (excludes halogenated alkanes) is 1. The van der Waals surface area contributed by atoms with Crippen LogP contribution in [0.25, 0.3) is 0 Å². The molecule has 0 saturated heterocycles. The second-order valence-corrected chi connectivity index (χ2v) is 3.49. The van der Waals surface area contributed by atoms with Gasteiger partial charge < -0.3 is 0 Å². The Bertz CT molecular complexity index is 152. The van der Waals surface area contributed by atoms with Crippen molar-refractivity contribution in [3.8, 4) is 0 Å². The van der Waals surface area contributed by atoms with Crippen LogP contribution in [0.5, 0.6) is 0 Å². The van der Waals surface area contributed by atoms with Gasteiger partial charge in [-0.2, -0.15) is 0 Å². The molecule has 0 amide bonds. The topological polar surface area (TPSA) is 26.3 Å².